The van der Waals surface area contributed by atoms with Gasteiger partial charge in [0.1, 0.15) is 5.75 Å². The molecule has 1 aliphatic rings. The molecule has 0 bridgehead atoms. The van der Waals surface area contributed by atoms with Gasteiger partial charge in [0, 0.05) is 16.5 Å². The topological polar surface area (TPSA) is 21.3 Å². The van der Waals surface area contributed by atoms with Gasteiger partial charge in [0.05, 0.1) is 17.3 Å². The summed E-state index contributed by atoms with van der Waals surface area (Å²) >= 11 is 8.54. The molecule has 1 aromatic rings. The predicted molar refractivity (Wildman–Crippen MR) is 65.2 cm³/mol. The third-order valence-corrected chi connectivity index (χ3v) is 2.89. The van der Waals surface area contributed by atoms with Crippen LogP contribution in [-0.4, -0.2) is 11.6 Å². The Hall–Kier alpha value is -0.610. The van der Waals surface area contributed by atoms with Crippen molar-refractivity contribution in [2.45, 2.75) is 13.3 Å². The second kappa shape index (κ2) is 3.87. The first-order chi connectivity index (χ1) is 6.68. The highest BCUT2D eigenvalue weighted by Gasteiger charge is 2.18. The van der Waals surface area contributed by atoms with E-state index in [9.17, 15) is 0 Å². The third kappa shape index (κ3) is 1.77. The van der Waals surface area contributed by atoms with Crippen LogP contribution in [0.5, 0.6) is 5.75 Å². The van der Waals surface area contributed by atoms with E-state index in [1.54, 1.807) is 0 Å². The van der Waals surface area contributed by atoms with Crippen molar-refractivity contribution >= 4 is 38.8 Å². The maximum absolute atomic E-state index is 5.47. The van der Waals surface area contributed by atoms with Crippen LogP contribution in [-0.2, 0) is 6.42 Å². The van der Waals surface area contributed by atoms with E-state index >= 15 is 0 Å². The third-order valence-electron chi connectivity index (χ3n) is 2.13. The summed E-state index contributed by atoms with van der Waals surface area (Å²) in [5.41, 5.74) is 2.26. The summed E-state index contributed by atoms with van der Waals surface area (Å²) in [4.78, 5) is 0.769. The molecule has 1 heterocycles. The number of ether oxygens (including phenoxy) is 1. The van der Waals surface area contributed by atoms with E-state index in [0.717, 1.165) is 33.9 Å². The van der Waals surface area contributed by atoms with Gasteiger partial charge in [0.25, 0.3) is 0 Å². The number of thiocarbonyl (C=S) groups is 1. The second-order valence-electron chi connectivity index (χ2n) is 3.18. The van der Waals surface area contributed by atoms with Crippen molar-refractivity contribution < 1.29 is 4.74 Å². The van der Waals surface area contributed by atoms with E-state index in [2.05, 4.69) is 21.2 Å². The smallest absolute Gasteiger partial charge is 0.124 e. The molecule has 0 amide bonds. The van der Waals surface area contributed by atoms with Crippen LogP contribution in [0.2, 0.25) is 0 Å². The van der Waals surface area contributed by atoms with Crippen molar-refractivity contribution in [3.8, 4) is 5.75 Å². The quantitative estimate of drug-likeness (QED) is 0.793. The van der Waals surface area contributed by atoms with Crippen LogP contribution in [0.3, 0.4) is 0 Å². The number of anilines is 1. The molecule has 74 valence electrons. The minimum Gasteiger partial charge on any atom is -0.493 e. The number of fused-ring (bicyclic) bond motifs is 1. The molecule has 14 heavy (non-hydrogen) atoms. The Morgan fingerprint density at radius 1 is 1.57 bits per heavy atom. The van der Waals surface area contributed by atoms with E-state index in [4.69, 9.17) is 17.0 Å². The van der Waals surface area contributed by atoms with Crippen LogP contribution >= 0.6 is 28.1 Å². The molecule has 4 heteroatoms. The fourth-order valence-corrected chi connectivity index (χ4v) is 2.13. The average molecular weight is 272 g/mol. The molecule has 0 saturated carbocycles. The molecule has 0 fully saturated rings. The van der Waals surface area contributed by atoms with Crippen molar-refractivity contribution in [1.29, 1.82) is 0 Å². The monoisotopic (exact) mass is 271 g/mol. The molecule has 1 aromatic carbocycles. The Balaban J connectivity index is 2.46. The van der Waals surface area contributed by atoms with Crippen molar-refractivity contribution in [2.24, 2.45) is 0 Å². The number of hydrogen-bond acceptors (Lipinski definition) is 2. The van der Waals surface area contributed by atoms with Crippen molar-refractivity contribution in [3.05, 3.63) is 22.2 Å². The van der Waals surface area contributed by atoms with Crippen LogP contribution in [0.1, 0.15) is 12.5 Å². The Morgan fingerprint density at radius 3 is 3.07 bits per heavy atom. The Bertz CT molecular complexity index is 392. The number of nitrogens with one attached hydrogen (secondary N) is 1. The molecule has 1 aliphatic heterocycles. The molecule has 0 aliphatic carbocycles. The lowest BCUT2D eigenvalue weighted by Gasteiger charge is -2.10. The van der Waals surface area contributed by atoms with Gasteiger partial charge in [0.2, 0.25) is 0 Å². The van der Waals surface area contributed by atoms with Crippen LogP contribution in [0.25, 0.3) is 0 Å². The average Bonchev–Trinajstić information content (AvgIpc) is 2.57. The zero-order valence-corrected chi connectivity index (χ0v) is 10.2. The van der Waals surface area contributed by atoms with Crippen molar-refractivity contribution in [1.82, 2.24) is 0 Å². The first-order valence-corrected chi connectivity index (χ1v) is 5.60. The summed E-state index contributed by atoms with van der Waals surface area (Å²) in [7, 11) is 0. The summed E-state index contributed by atoms with van der Waals surface area (Å²) in [5.74, 6) is 0.965. The van der Waals surface area contributed by atoms with Crippen molar-refractivity contribution in [2.75, 3.05) is 11.9 Å². The predicted octanol–water partition coefficient (Wildman–Crippen LogP) is 3.14. The van der Waals surface area contributed by atoms with Gasteiger partial charge >= 0.3 is 0 Å². The maximum Gasteiger partial charge on any atom is 0.124 e. The second-order valence-corrected chi connectivity index (χ2v) is 4.65. The normalized spacial score (nSPS) is 13.3. The molecule has 0 unspecified atom stereocenters. The molecule has 1 N–H and O–H groups in total. The minimum absolute atomic E-state index is 0.761. The fourth-order valence-electron chi connectivity index (χ4n) is 1.56. The van der Waals surface area contributed by atoms with Crippen molar-refractivity contribution in [3.63, 3.8) is 0 Å². The highest BCUT2D eigenvalue weighted by molar-refractivity contribution is 9.10. The van der Waals surface area contributed by atoms with Crippen LogP contribution in [0.4, 0.5) is 5.69 Å². The first-order valence-electron chi connectivity index (χ1n) is 4.40. The summed E-state index contributed by atoms with van der Waals surface area (Å²) in [6.45, 7) is 2.63. The SMILES string of the molecule is CC(=S)Nc1c(Br)ccc2c1CCO2. The molecular weight excluding hydrogens is 262 g/mol. The van der Waals surface area contributed by atoms with Gasteiger partial charge in [-0.05, 0) is 35.0 Å². The van der Waals surface area contributed by atoms with E-state index in [1.165, 1.54) is 5.56 Å². The lowest BCUT2D eigenvalue weighted by Crippen LogP contribution is -2.06. The lowest BCUT2D eigenvalue weighted by atomic mass is 10.1. The van der Waals surface area contributed by atoms with Gasteiger partial charge in [0.15, 0.2) is 0 Å². The van der Waals surface area contributed by atoms with Gasteiger partial charge in [-0.1, -0.05) is 12.2 Å². The number of hydrogen-bond donors (Lipinski definition) is 1. The fraction of sp³-hybridized carbons (Fsp3) is 0.300. The zero-order chi connectivity index (χ0) is 10.1. The molecular formula is C10H10BrNOS. The highest BCUT2D eigenvalue weighted by Crippen LogP contribution is 2.37. The number of rotatable bonds is 1. The molecule has 0 radical (unpaired) electrons. The van der Waals surface area contributed by atoms with Gasteiger partial charge < -0.3 is 10.1 Å². The lowest BCUT2D eigenvalue weighted by molar-refractivity contribution is 0.357. The van der Waals surface area contributed by atoms with Gasteiger partial charge in [-0.2, -0.15) is 0 Å². The molecule has 2 rings (SSSR count). The molecule has 0 aromatic heterocycles. The van der Waals surface area contributed by atoms with E-state index in [-0.39, 0.29) is 0 Å². The standard InChI is InChI=1S/C10H10BrNOS/c1-6(14)12-10-7-4-5-13-9(7)3-2-8(10)11/h2-3H,4-5H2,1H3,(H,12,14). The highest BCUT2D eigenvalue weighted by atomic mass is 79.9. The molecule has 0 atom stereocenters. The largest absolute Gasteiger partial charge is 0.493 e. The number of halogens is 1. The van der Waals surface area contributed by atoms with Gasteiger partial charge in [-0.25, -0.2) is 0 Å². The summed E-state index contributed by atoms with van der Waals surface area (Å²) < 4.78 is 6.50. The van der Waals surface area contributed by atoms with Crippen LogP contribution < -0.4 is 10.1 Å². The van der Waals surface area contributed by atoms with E-state index < -0.39 is 0 Å². The molecule has 0 spiro atoms. The van der Waals surface area contributed by atoms with Crippen LogP contribution in [0.15, 0.2) is 16.6 Å². The maximum atomic E-state index is 5.47. The zero-order valence-electron chi connectivity index (χ0n) is 7.76. The van der Waals surface area contributed by atoms with Gasteiger partial charge in [-0.3, -0.25) is 0 Å². The summed E-state index contributed by atoms with van der Waals surface area (Å²) in [6, 6.07) is 3.96. The Morgan fingerprint density at radius 2 is 2.36 bits per heavy atom. The van der Waals surface area contributed by atoms with E-state index in [1.807, 2.05) is 19.1 Å². The van der Waals surface area contributed by atoms with E-state index in [0.29, 0.717) is 0 Å². The number of benzene rings is 1. The molecule has 0 saturated heterocycles. The molecule has 2 nitrogen and oxygen atoms in total. The van der Waals surface area contributed by atoms with Crippen LogP contribution in [0, 0.1) is 0 Å². The first kappa shape index (κ1) is 9.93. The van der Waals surface area contributed by atoms with Gasteiger partial charge in [-0.15, -0.1) is 0 Å². The Labute approximate surface area is 96.8 Å². The minimum atomic E-state index is 0.761. The summed E-state index contributed by atoms with van der Waals surface area (Å²) in [6.07, 6.45) is 0.944. The summed E-state index contributed by atoms with van der Waals surface area (Å²) in [5, 5.41) is 3.18. The Kier molecular flexibility index (Phi) is 2.74.